The van der Waals surface area contributed by atoms with Crippen molar-refractivity contribution in [2.75, 3.05) is 20.6 Å². The molecule has 108 valence electrons. The van der Waals surface area contributed by atoms with Crippen molar-refractivity contribution in [3.63, 3.8) is 0 Å². The van der Waals surface area contributed by atoms with Crippen LogP contribution in [0.3, 0.4) is 0 Å². The predicted octanol–water partition coefficient (Wildman–Crippen LogP) is 2.44. The van der Waals surface area contributed by atoms with Gasteiger partial charge in [-0.05, 0) is 37.7 Å². The summed E-state index contributed by atoms with van der Waals surface area (Å²) in [5.74, 6) is 0.841. The second kappa shape index (κ2) is 7.12. The average Bonchev–Trinajstić information content (AvgIpc) is 3.09. The van der Waals surface area contributed by atoms with Crippen LogP contribution in [-0.4, -0.2) is 31.6 Å². The van der Waals surface area contributed by atoms with E-state index in [2.05, 4.69) is 10.6 Å². The van der Waals surface area contributed by atoms with Gasteiger partial charge >= 0.3 is 6.03 Å². The number of hydrogen-bond acceptors (Lipinski definition) is 4. The summed E-state index contributed by atoms with van der Waals surface area (Å²) in [6.07, 6.45) is 1.64. The first-order valence-electron chi connectivity index (χ1n) is 6.40. The Morgan fingerprint density at radius 2 is 2.20 bits per heavy atom. The number of furan rings is 1. The van der Waals surface area contributed by atoms with Gasteiger partial charge < -0.3 is 15.1 Å². The van der Waals surface area contributed by atoms with Crippen molar-refractivity contribution >= 4 is 17.4 Å². The third-order valence-electron chi connectivity index (χ3n) is 2.95. The summed E-state index contributed by atoms with van der Waals surface area (Å²) < 4.78 is 5.40. The van der Waals surface area contributed by atoms with E-state index in [1.165, 1.54) is 0 Å². The summed E-state index contributed by atoms with van der Waals surface area (Å²) in [6, 6.07) is 7.59. The highest BCUT2D eigenvalue weighted by molar-refractivity contribution is 7.09. The molecule has 20 heavy (non-hydrogen) atoms. The van der Waals surface area contributed by atoms with Crippen LogP contribution in [0.1, 0.15) is 16.7 Å². The summed E-state index contributed by atoms with van der Waals surface area (Å²) in [6.45, 7) is 1.05. The van der Waals surface area contributed by atoms with Gasteiger partial charge in [0.05, 0.1) is 18.8 Å². The first-order valence-corrected chi connectivity index (χ1v) is 7.28. The van der Waals surface area contributed by atoms with Crippen molar-refractivity contribution in [3.8, 4) is 0 Å². The van der Waals surface area contributed by atoms with Crippen molar-refractivity contribution in [2.24, 2.45) is 0 Å². The van der Waals surface area contributed by atoms with Crippen molar-refractivity contribution in [1.29, 1.82) is 0 Å². The second-order valence-electron chi connectivity index (χ2n) is 4.64. The van der Waals surface area contributed by atoms with E-state index in [1.807, 2.05) is 48.6 Å². The Labute approximate surface area is 122 Å². The Morgan fingerprint density at radius 3 is 2.80 bits per heavy atom. The number of carbonyl (C=O) groups is 1. The van der Waals surface area contributed by atoms with Gasteiger partial charge in [-0.3, -0.25) is 4.90 Å². The fraction of sp³-hybridized carbons (Fsp3) is 0.357. The second-order valence-corrected chi connectivity index (χ2v) is 5.67. The summed E-state index contributed by atoms with van der Waals surface area (Å²) >= 11 is 1.63. The molecule has 0 aliphatic heterocycles. The van der Waals surface area contributed by atoms with Gasteiger partial charge in [-0.2, -0.15) is 0 Å². The van der Waals surface area contributed by atoms with Crippen LogP contribution in [0.5, 0.6) is 0 Å². The summed E-state index contributed by atoms with van der Waals surface area (Å²) in [4.78, 5) is 14.9. The number of carbonyl (C=O) groups excluding carboxylic acids is 1. The van der Waals surface area contributed by atoms with Gasteiger partial charge in [0.2, 0.25) is 0 Å². The lowest BCUT2D eigenvalue weighted by Crippen LogP contribution is -2.40. The van der Waals surface area contributed by atoms with Crippen molar-refractivity contribution in [3.05, 3.63) is 46.5 Å². The molecule has 0 saturated heterocycles. The van der Waals surface area contributed by atoms with Crippen molar-refractivity contribution in [2.45, 2.75) is 12.6 Å². The van der Waals surface area contributed by atoms with E-state index in [1.54, 1.807) is 17.6 Å². The molecule has 2 heterocycles. The minimum absolute atomic E-state index is 0.0255. The number of rotatable bonds is 6. The average molecular weight is 293 g/mol. The summed E-state index contributed by atoms with van der Waals surface area (Å²) in [5.41, 5.74) is 0. The van der Waals surface area contributed by atoms with E-state index in [9.17, 15) is 4.79 Å². The maximum Gasteiger partial charge on any atom is 0.315 e. The van der Waals surface area contributed by atoms with Crippen molar-refractivity contribution in [1.82, 2.24) is 15.5 Å². The molecule has 2 N–H and O–H groups in total. The van der Waals surface area contributed by atoms with Crippen LogP contribution in [-0.2, 0) is 6.54 Å². The molecule has 6 heteroatoms. The standard InChI is InChI=1S/C14H19N3O2S/c1-17(2)12(13-6-3-7-19-13)10-16-14(18)15-9-11-5-4-8-20-11/h3-8,12H,9-10H2,1-2H3,(H2,15,16,18)/t12-/m1/s1. The first-order chi connectivity index (χ1) is 9.66. The van der Waals surface area contributed by atoms with Crippen LogP contribution in [0.15, 0.2) is 40.3 Å². The Kier molecular flexibility index (Phi) is 5.20. The minimum atomic E-state index is -0.170. The monoisotopic (exact) mass is 293 g/mol. The van der Waals surface area contributed by atoms with Gasteiger partial charge in [0.25, 0.3) is 0 Å². The van der Waals surface area contributed by atoms with E-state index >= 15 is 0 Å². The maximum absolute atomic E-state index is 11.8. The molecule has 2 aromatic rings. The molecule has 2 amide bonds. The minimum Gasteiger partial charge on any atom is -0.468 e. The molecule has 0 fully saturated rings. The molecule has 2 rings (SSSR count). The molecule has 0 aromatic carbocycles. The molecule has 0 saturated carbocycles. The zero-order valence-corrected chi connectivity index (χ0v) is 12.4. The van der Waals surface area contributed by atoms with Gasteiger partial charge in [-0.15, -0.1) is 11.3 Å². The Balaban J connectivity index is 1.79. The Morgan fingerprint density at radius 1 is 1.35 bits per heavy atom. The molecule has 0 aliphatic carbocycles. The fourth-order valence-electron chi connectivity index (χ4n) is 1.85. The number of nitrogens with zero attached hydrogens (tertiary/aromatic N) is 1. The molecule has 0 radical (unpaired) electrons. The highest BCUT2D eigenvalue weighted by Crippen LogP contribution is 2.17. The van der Waals surface area contributed by atoms with E-state index in [4.69, 9.17) is 4.42 Å². The van der Waals surface area contributed by atoms with Gasteiger partial charge in [0.15, 0.2) is 0 Å². The van der Waals surface area contributed by atoms with E-state index in [0.717, 1.165) is 10.6 Å². The highest BCUT2D eigenvalue weighted by atomic mass is 32.1. The van der Waals surface area contributed by atoms with Gasteiger partial charge in [-0.1, -0.05) is 6.07 Å². The summed E-state index contributed by atoms with van der Waals surface area (Å²) in [7, 11) is 3.91. The van der Waals surface area contributed by atoms with Crippen LogP contribution in [0, 0.1) is 0 Å². The molecule has 0 unspecified atom stereocenters. The Hall–Kier alpha value is -1.79. The topological polar surface area (TPSA) is 57.5 Å². The molecule has 5 nitrogen and oxygen atoms in total. The number of hydrogen-bond donors (Lipinski definition) is 2. The molecule has 0 bridgehead atoms. The molecule has 2 aromatic heterocycles. The number of urea groups is 1. The summed E-state index contributed by atoms with van der Waals surface area (Å²) in [5, 5.41) is 7.70. The quantitative estimate of drug-likeness (QED) is 0.860. The number of nitrogens with one attached hydrogen (secondary N) is 2. The van der Waals surface area contributed by atoms with Gasteiger partial charge in [0, 0.05) is 11.4 Å². The molecule has 0 spiro atoms. The highest BCUT2D eigenvalue weighted by Gasteiger charge is 2.17. The predicted molar refractivity (Wildman–Crippen MR) is 79.7 cm³/mol. The molecule has 0 aliphatic rings. The van der Waals surface area contributed by atoms with E-state index < -0.39 is 0 Å². The lowest BCUT2D eigenvalue weighted by Gasteiger charge is -2.22. The van der Waals surface area contributed by atoms with Crippen molar-refractivity contribution < 1.29 is 9.21 Å². The van der Waals surface area contributed by atoms with Crippen LogP contribution >= 0.6 is 11.3 Å². The first kappa shape index (κ1) is 14.6. The van der Waals surface area contributed by atoms with Gasteiger partial charge in [-0.25, -0.2) is 4.79 Å². The molecular weight excluding hydrogens is 274 g/mol. The van der Waals surface area contributed by atoms with Crippen LogP contribution < -0.4 is 10.6 Å². The molecular formula is C14H19N3O2S. The largest absolute Gasteiger partial charge is 0.468 e. The van der Waals surface area contributed by atoms with Crippen LogP contribution in [0.25, 0.3) is 0 Å². The lowest BCUT2D eigenvalue weighted by atomic mass is 10.2. The molecule has 1 atom stereocenters. The smallest absolute Gasteiger partial charge is 0.315 e. The Bertz CT molecular complexity index is 509. The zero-order chi connectivity index (χ0) is 14.4. The van der Waals surface area contributed by atoms with Crippen LogP contribution in [0.2, 0.25) is 0 Å². The van der Waals surface area contributed by atoms with Crippen LogP contribution in [0.4, 0.5) is 4.79 Å². The number of thiophene rings is 1. The third kappa shape index (κ3) is 4.11. The number of likely N-dealkylation sites (N-methyl/N-ethyl adjacent to an activating group) is 1. The van der Waals surface area contributed by atoms with E-state index in [-0.39, 0.29) is 12.1 Å². The normalized spacial score (nSPS) is 12.3. The SMILES string of the molecule is CN(C)[C@H](CNC(=O)NCc1cccs1)c1ccco1. The van der Waals surface area contributed by atoms with Gasteiger partial charge in [0.1, 0.15) is 5.76 Å². The maximum atomic E-state index is 11.8. The zero-order valence-electron chi connectivity index (χ0n) is 11.6. The number of amides is 2. The lowest BCUT2D eigenvalue weighted by molar-refractivity contribution is 0.225. The third-order valence-corrected chi connectivity index (χ3v) is 3.83. The fourth-order valence-corrected chi connectivity index (χ4v) is 2.50. The van der Waals surface area contributed by atoms with E-state index in [0.29, 0.717) is 13.1 Å².